The average molecular weight is 246 g/mol. The SMILES string of the molecule is CCOCCN(CC)C(CN)C1CCSC1. The zero-order chi connectivity index (χ0) is 11.8. The molecule has 0 radical (unpaired) electrons. The third-order valence-corrected chi connectivity index (χ3v) is 4.54. The van der Waals surface area contributed by atoms with Gasteiger partial charge in [-0.05, 0) is 37.3 Å². The van der Waals surface area contributed by atoms with Crippen molar-refractivity contribution in [3.05, 3.63) is 0 Å². The molecule has 1 saturated heterocycles. The zero-order valence-corrected chi connectivity index (χ0v) is 11.5. The summed E-state index contributed by atoms with van der Waals surface area (Å²) in [6.45, 7) is 8.79. The molecule has 96 valence electrons. The highest BCUT2D eigenvalue weighted by molar-refractivity contribution is 7.99. The van der Waals surface area contributed by atoms with Gasteiger partial charge in [-0.3, -0.25) is 4.90 Å². The first-order valence-electron chi connectivity index (χ1n) is 6.43. The first-order chi connectivity index (χ1) is 7.83. The Labute approximate surface area is 104 Å². The van der Waals surface area contributed by atoms with Gasteiger partial charge >= 0.3 is 0 Å². The highest BCUT2D eigenvalue weighted by Crippen LogP contribution is 2.28. The van der Waals surface area contributed by atoms with E-state index in [-0.39, 0.29) is 0 Å². The van der Waals surface area contributed by atoms with Crippen LogP contribution in [0.15, 0.2) is 0 Å². The quantitative estimate of drug-likeness (QED) is 0.658. The third kappa shape index (κ3) is 4.24. The molecule has 2 atom stereocenters. The van der Waals surface area contributed by atoms with Crippen LogP contribution in [0, 0.1) is 5.92 Å². The highest BCUT2D eigenvalue weighted by atomic mass is 32.2. The van der Waals surface area contributed by atoms with Gasteiger partial charge in [0.1, 0.15) is 0 Å². The maximum Gasteiger partial charge on any atom is 0.0593 e. The fourth-order valence-corrected chi connectivity index (χ4v) is 3.71. The largest absolute Gasteiger partial charge is 0.380 e. The van der Waals surface area contributed by atoms with Gasteiger partial charge < -0.3 is 10.5 Å². The molecular weight excluding hydrogens is 220 g/mol. The van der Waals surface area contributed by atoms with Gasteiger partial charge in [-0.1, -0.05) is 6.92 Å². The standard InChI is InChI=1S/C12H26N2OS/c1-3-14(6-7-15-4-2)12(9-13)11-5-8-16-10-11/h11-12H,3-10,13H2,1-2H3. The minimum Gasteiger partial charge on any atom is -0.380 e. The molecule has 0 spiro atoms. The smallest absolute Gasteiger partial charge is 0.0593 e. The van der Waals surface area contributed by atoms with Crippen molar-refractivity contribution in [2.24, 2.45) is 11.7 Å². The van der Waals surface area contributed by atoms with Crippen molar-refractivity contribution < 1.29 is 4.74 Å². The van der Waals surface area contributed by atoms with E-state index in [1.165, 1.54) is 17.9 Å². The Balaban J connectivity index is 2.39. The fourth-order valence-electron chi connectivity index (χ4n) is 2.38. The van der Waals surface area contributed by atoms with Crippen LogP contribution in [-0.2, 0) is 4.74 Å². The van der Waals surface area contributed by atoms with Crippen LogP contribution in [0.25, 0.3) is 0 Å². The minimum absolute atomic E-state index is 0.556. The molecule has 2 N–H and O–H groups in total. The van der Waals surface area contributed by atoms with E-state index in [4.69, 9.17) is 10.5 Å². The summed E-state index contributed by atoms with van der Waals surface area (Å²) in [4.78, 5) is 2.49. The molecule has 4 heteroatoms. The van der Waals surface area contributed by atoms with Crippen LogP contribution in [0.4, 0.5) is 0 Å². The predicted molar refractivity (Wildman–Crippen MR) is 72.0 cm³/mol. The lowest BCUT2D eigenvalue weighted by atomic mass is 9.97. The molecule has 3 nitrogen and oxygen atoms in total. The highest BCUT2D eigenvalue weighted by Gasteiger charge is 2.28. The van der Waals surface area contributed by atoms with Crippen LogP contribution < -0.4 is 5.73 Å². The van der Waals surface area contributed by atoms with Crippen LogP contribution in [0.1, 0.15) is 20.3 Å². The molecule has 2 unspecified atom stereocenters. The third-order valence-electron chi connectivity index (χ3n) is 3.35. The van der Waals surface area contributed by atoms with Crippen molar-refractivity contribution in [3.8, 4) is 0 Å². The van der Waals surface area contributed by atoms with Gasteiger partial charge in [0.15, 0.2) is 0 Å². The summed E-state index contributed by atoms with van der Waals surface area (Å²) in [7, 11) is 0. The summed E-state index contributed by atoms with van der Waals surface area (Å²) >= 11 is 2.07. The van der Waals surface area contributed by atoms with Crippen molar-refractivity contribution in [2.45, 2.75) is 26.3 Å². The van der Waals surface area contributed by atoms with E-state index in [2.05, 4.69) is 23.6 Å². The van der Waals surface area contributed by atoms with Crippen molar-refractivity contribution >= 4 is 11.8 Å². The van der Waals surface area contributed by atoms with Crippen molar-refractivity contribution in [2.75, 3.05) is 44.4 Å². The van der Waals surface area contributed by atoms with Crippen molar-refractivity contribution in [1.29, 1.82) is 0 Å². The van der Waals surface area contributed by atoms with Gasteiger partial charge in [0, 0.05) is 25.7 Å². The van der Waals surface area contributed by atoms with Gasteiger partial charge in [-0.15, -0.1) is 0 Å². The second-order valence-corrected chi connectivity index (χ2v) is 5.40. The van der Waals surface area contributed by atoms with Gasteiger partial charge in [-0.25, -0.2) is 0 Å². The molecule has 1 aliphatic heterocycles. The fraction of sp³-hybridized carbons (Fsp3) is 1.00. The molecule has 0 amide bonds. The molecule has 1 heterocycles. The Kier molecular flexibility index (Phi) is 7.45. The lowest BCUT2D eigenvalue weighted by Gasteiger charge is -2.33. The topological polar surface area (TPSA) is 38.5 Å². The lowest BCUT2D eigenvalue weighted by molar-refractivity contribution is 0.0846. The van der Waals surface area contributed by atoms with E-state index in [1.54, 1.807) is 0 Å². The number of hydrogen-bond donors (Lipinski definition) is 1. The van der Waals surface area contributed by atoms with Crippen LogP contribution in [0.3, 0.4) is 0 Å². The molecule has 0 aromatic carbocycles. The summed E-state index contributed by atoms with van der Waals surface area (Å²) in [5.41, 5.74) is 5.94. The van der Waals surface area contributed by atoms with E-state index < -0.39 is 0 Å². The van der Waals surface area contributed by atoms with Crippen LogP contribution in [-0.4, -0.2) is 55.3 Å². The van der Waals surface area contributed by atoms with Gasteiger partial charge in [0.05, 0.1) is 6.61 Å². The number of hydrogen-bond acceptors (Lipinski definition) is 4. The lowest BCUT2D eigenvalue weighted by Crippen LogP contribution is -2.47. The maximum absolute atomic E-state index is 5.94. The Morgan fingerprint density at radius 3 is 2.81 bits per heavy atom. The number of likely N-dealkylation sites (N-methyl/N-ethyl adjacent to an activating group) is 1. The first kappa shape index (κ1) is 14.3. The second-order valence-electron chi connectivity index (χ2n) is 4.25. The molecule has 1 fully saturated rings. The zero-order valence-electron chi connectivity index (χ0n) is 10.7. The summed E-state index contributed by atoms with van der Waals surface area (Å²) in [5, 5.41) is 0. The van der Waals surface area contributed by atoms with E-state index in [9.17, 15) is 0 Å². The number of rotatable bonds is 8. The van der Waals surface area contributed by atoms with E-state index in [0.29, 0.717) is 6.04 Å². The van der Waals surface area contributed by atoms with Crippen LogP contribution in [0.5, 0.6) is 0 Å². The number of nitrogens with zero attached hydrogens (tertiary/aromatic N) is 1. The van der Waals surface area contributed by atoms with Crippen molar-refractivity contribution in [1.82, 2.24) is 4.90 Å². The monoisotopic (exact) mass is 246 g/mol. The predicted octanol–water partition coefficient (Wildman–Crippen LogP) is 1.43. The molecule has 1 aliphatic rings. The van der Waals surface area contributed by atoms with Crippen molar-refractivity contribution in [3.63, 3.8) is 0 Å². The van der Waals surface area contributed by atoms with E-state index in [0.717, 1.165) is 38.8 Å². The molecule has 1 rings (SSSR count). The Morgan fingerprint density at radius 2 is 2.31 bits per heavy atom. The maximum atomic E-state index is 5.94. The molecule has 0 saturated carbocycles. The van der Waals surface area contributed by atoms with Crippen LogP contribution in [0.2, 0.25) is 0 Å². The van der Waals surface area contributed by atoms with Gasteiger partial charge in [0.25, 0.3) is 0 Å². The first-order valence-corrected chi connectivity index (χ1v) is 7.58. The number of ether oxygens (including phenoxy) is 1. The number of thioether (sulfide) groups is 1. The Hall–Kier alpha value is 0.230. The second kappa shape index (κ2) is 8.34. The summed E-state index contributed by atoms with van der Waals surface area (Å²) in [5.74, 6) is 3.38. The Bertz CT molecular complexity index is 174. The van der Waals surface area contributed by atoms with E-state index >= 15 is 0 Å². The molecular formula is C12H26N2OS. The summed E-state index contributed by atoms with van der Waals surface area (Å²) in [6.07, 6.45) is 1.33. The van der Waals surface area contributed by atoms with Crippen LogP contribution >= 0.6 is 11.8 Å². The average Bonchev–Trinajstić information content (AvgIpc) is 2.82. The summed E-state index contributed by atoms with van der Waals surface area (Å²) < 4.78 is 5.44. The van der Waals surface area contributed by atoms with Gasteiger partial charge in [-0.2, -0.15) is 11.8 Å². The molecule has 16 heavy (non-hydrogen) atoms. The number of nitrogens with two attached hydrogens (primary N) is 1. The molecule has 0 aliphatic carbocycles. The molecule has 0 aromatic heterocycles. The molecule has 0 bridgehead atoms. The van der Waals surface area contributed by atoms with Gasteiger partial charge in [0.2, 0.25) is 0 Å². The molecule has 0 aromatic rings. The summed E-state index contributed by atoms with van der Waals surface area (Å²) in [6, 6.07) is 0.556. The minimum atomic E-state index is 0.556. The van der Waals surface area contributed by atoms with E-state index in [1.807, 2.05) is 6.92 Å². The normalized spacial score (nSPS) is 22.9. The Morgan fingerprint density at radius 1 is 1.50 bits per heavy atom.